The predicted molar refractivity (Wildman–Crippen MR) is 100 cm³/mol. The van der Waals surface area contributed by atoms with Crippen molar-refractivity contribution in [2.24, 2.45) is 0 Å². The van der Waals surface area contributed by atoms with Crippen LogP contribution in [0.3, 0.4) is 0 Å². The summed E-state index contributed by atoms with van der Waals surface area (Å²) < 4.78 is 16.2. The van der Waals surface area contributed by atoms with Crippen LogP contribution in [-0.2, 0) is 11.3 Å². The summed E-state index contributed by atoms with van der Waals surface area (Å²) in [5, 5.41) is 13.5. The van der Waals surface area contributed by atoms with E-state index in [2.05, 4.69) is 24.1 Å². The van der Waals surface area contributed by atoms with E-state index < -0.39 is 6.10 Å². The lowest BCUT2D eigenvalue weighted by Gasteiger charge is -2.24. The number of hydrogen-bond donors (Lipinski definition) is 2. The first-order chi connectivity index (χ1) is 12.0. The monoisotopic (exact) mass is 354 g/mol. The molecule has 1 atom stereocenters. The van der Waals surface area contributed by atoms with Gasteiger partial charge in [-0.2, -0.15) is 0 Å². The number of aliphatic hydroxyl groups excluding tert-OH is 1. The molecule has 0 aliphatic carbocycles. The summed E-state index contributed by atoms with van der Waals surface area (Å²) in [5.41, 5.74) is 1.11. The lowest BCUT2D eigenvalue weighted by atomic mass is 10.2. The summed E-state index contributed by atoms with van der Waals surface area (Å²) in [6, 6.07) is 6.25. The Hall–Kier alpha value is -1.34. The van der Waals surface area contributed by atoms with Crippen LogP contribution in [0, 0.1) is 0 Å². The van der Waals surface area contributed by atoms with Crippen molar-refractivity contribution in [3.63, 3.8) is 0 Å². The minimum Gasteiger partial charge on any atom is -0.493 e. The third-order valence-corrected chi connectivity index (χ3v) is 4.07. The van der Waals surface area contributed by atoms with Gasteiger partial charge in [0.15, 0.2) is 11.5 Å². The molecule has 1 aromatic rings. The smallest absolute Gasteiger partial charge is 0.161 e. The highest BCUT2D eigenvalue weighted by atomic mass is 16.5. The second kappa shape index (κ2) is 12.1. The fourth-order valence-corrected chi connectivity index (χ4v) is 2.30. The minimum atomic E-state index is -0.548. The first kappa shape index (κ1) is 21.7. The molecule has 0 fully saturated rings. The molecule has 0 spiro atoms. The zero-order valence-corrected chi connectivity index (χ0v) is 16.2. The molecule has 6 heteroatoms. The molecular weight excluding hydrogens is 320 g/mol. The number of benzene rings is 1. The van der Waals surface area contributed by atoms with Crippen molar-refractivity contribution in [3.05, 3.63) is 23.8 Å². The molecule has 1 rings (SSSR count). The second-order valence-corrected chi connectivity index (χ2v) is 6.51. The molecule has 0 unspecified atom stereocenters. The van der Waals surface area contributed by atoms with Crippen LogP contribution in [0.25, 0.3) is 0 Å². The van der Waals surface area contributed by atoms with Crippen molar-refractivity contribution >= 4 is 0 Å². The zero-order valence-electron chi connectivity index (χ0n) is 16.2. The maximum Gasteiger partial charge on any atom is 0.161 e. The molecule has 0 radical (unpaired) electrons. The molecule has 0 saturated carbocycles. The molecule has 0 aliphatic heterocycles. The van der Waals surface area contributed by atoms with Gasteiger partial charge in [0.2, 0.25) is 0 Å². The minimum absolute atomic E-state index is 0.234. The van der Waals surface area contributed by atoms with E-state index in [0.29, 0.717) is 24.1 Å². The average Bonchev–Trinajstić information content (AvgIpc) is 2.59. The van der Waals surface area contributed by atoms with Crippen LogP contribution in [0.1, 0.15) is 25.8 Å². The number of aliphatic hydroxyl groups is 1. The molecule has 6 nitrogen and oxygen atoms in total. The number of likely N-dealkylation sites (N-methyl/N-ethyl adjacent to an activating group) is 1. The molecule has 2 N–H and O–H groups in total. The van der Waals surface area contributed by atoms with Gasteiger partial charge in [-0.25, -0.2) is 0 Å². The van der Waals surface area contributed by atoms with E-state index >= 15 is 0 Å². The average molecular weight is 354 g/mol. The molecule has 0 bridgehead atoms. The van der Waals surface area contributed by atoms with Crippen LogP contribution in [0.15, 0.2) is 18.2 Å². The van der Waals surface area contributed by atoms with E-state index in [1.54, 1.807) is 14.2 Å². The van der Waals surface area contributed by atoms with Gasteiger partial charge < -0.3 is 29.5 Å². The Labute approximate surface area is 152 Å². The number of methoxy groups -OCH3 is 2. The van der Waals surface area contributed by atoms with Crippen molar-refractivity contribution in [1.29, 1.82) is 0 Å². The Kier molecular flexibility index (Phi) is 10.5. The molecular formula is C19H34N2O4. The number of nitrogens with zero attached hydrogens (tertiary/aromatic N) is 1. The van der Waals surface area contributed by atoms with Gasteiger partial charge in [0.1, 0.15) is 12.7 Å². The molecule has 0 aliphatic rings. The SMILES string of the molecule is COCCCNCc1ccc(OC)c(OC[C@@H](O)CN(C)C(C)C)c1. The number of hydrogen-bond acceptors (Lipinski definition) is 6. The van der Waals surface area contributed by atoms with Gasteiger partial charge in [-0.05, 0) is 51.6 Å². The first-order valence-electron chi connectivity index (χ1n) is 8.85. The predicted octanol–water partition coefficient (Wildman–Crippen LogP) is 1.90. The summed E-state index contributed by atoms with van der Waals surface area (Å²) in [6.45, 7) is 7.41. The summed E-state index contributed by atoms with van der Waals surface area (Å²) in [7, 11) is 5.32. The Balaban J connectivity index is 2.54. The van der Waals surface area contributed by atoms with Gasteiger partial charge in [0, 0.05) is 32.8 Å². The van der Waals surface area contributed by atoms with E-state index in [4.69, 9.17) is 14.2 Å². The third kappa shape index (κ3) is 8.54. The second-order valence-electron chi connectivity index (χ2n) is 6.51. The van der Waals surface area contributed by atoms with Crippen LogP contribution in [-0.4, -0.2) is 69.7 Å². The zero-order chi connectivity index (χ0) is 18.7. The van der Waals surface area contributed by atoms with E-state index in [9.17, 15) is 5.11 Å². The Morgan fingerprint density at radius 1 is 1.20 bits per heavy atom. The molecule has 0 amide bonds. The number of ether oxygens (including phenoxy) is 3. The molecule has 0 aromatic heterocycles. The van der Waals surface area contributed by atoms with Crippen molar-refractivity contribution < 1.29 is 19.3 Å². The summed E-state index contributed by atoms with van der Waals surface area (Å²) in [5.74, 6) is 1.33. The van der Waals surface area contributed by atoms with E-state index in [1.807, 2.05) is 25.2 Å². The Bertz CT molecular complexity index is 482. The highest BCUT2D eigenvalue weighted by molar-refractivity contribution is 5.43. The molecule has 25 heavy (non-hydrogen) atoms. The third-order valence-electron chi connectivity index (χ3n) is 4.07. The van der Waals surface area contributed by atoms with Crippen molar-refractivity contribution in [2.45, 2.75) is 39.0 Å². The molecule has 144 valence electrons. The summed E-state index contributed by atoms with van der Waals surface area (Å²) >= 11 is 0. The van der Waals surface area contributed by atoms with Crippen LogP contribution >= 0.6 is 0 Å². The van der Waals surface area contributed by atoms with Crippen molar-refractivity contribution in [2.75, 3.05) is 47.6 Å². The number of nitrogens with one attached hydrogen (secondary N) is 1. The van der Waals surface area contributed by atoms with Gasteiger partial charge >= 0.3 is 0 Å². The molecule has 1 aromatic carbocycles. The van der Waals surface area contributed by atoms with Crippen molar-refractivity contribution in [3.8, 4) is 11.5 Å². The van der Waals surface area contributed by atoms with Gasteiger partial charge in [-0.3, -0.25) is 0 Å². The van der Waals surface area contributed by atoms with Crippen LogP contribution in [0.5, 0.6) is 11.5 Å². The fourth-order valence-electron chi connectivity index (χ4n) is 2.30. The maximum atomic E-state index is 10.2. The Morgan fingerprint density at radius 2 is 1.96 bits per heavy atom. The van der Waals surface area contributed by atoms with E-state index in [1.165, 1.54) is 0 Å². The van der Waals surface area contributed by atoms with Gasteiger partial charge in [-0.15, -0.1) is 0 Å². The largest absolute Gasteiger partial charge is 0.493 e. The normalized spacial score (nSPS) is 12.6. The van der Waals surface area contributed by atoms with Crippen LogP contribution in [0.4, 0.5) is 0 Å². The van der Waals surface area contributed by atoms with Gasteiger partial charge in [0.05, 0.1) is 7.11 Å². The topological polar surface area (TPSA) is 63.2 Å². The number of rotatable bonds is 13. The summed E-state index contributed by atoms with van der Waals surface area (Å²) in [6.07, 6.45) is 0.430. The maximum absolute atomic E-state index is 10.2. The highest BCUT2D eigenvalue weighted by Gasteiger charge is 2.13. The van der Waals surface area contributed by atoms with Gasteiger partial charge in [-0.1, -0.05) is 6.07 Å². The Morgan fingerprint density at radius 3 is 2.60 bits per heavy atom. The highest BCUT2D eigenvalue weighted by Crippen LogP contribution is 2.28. The van der Waals surface area contributed by atoms with Crippen molar-refractivity contribution in [1.82, 2.24) is 10.2 Å². The van der Waals surface area contributed by atoms with Gasteiger partial charge in [0.25, 0.3) is 0 Å². The molecule has 0 heterocycles. The van der Waals surface area contributed by atoms with E-state index in [-0.39, 0.29) is 6.61 Å². The molecule has 0 saturated heterocycles. The fraction of sp³-hybridized carbons (Fsp3) is 0.684. The quantitative estimate of drug-likeness (QED) is 0.528. The van der Waals surface area contributed by atoms with Crippen LogP contribution in [0.2, 0.25) is 0 Å². The lowest BCUT2D eigenvalue weighted by Crippen LogP contribution is -2.37. The summed E-state index contributed by atoms with van der Waals surface area (Å²) in [4.78, 5) is 2.09. The van der Waals surface area contributed by atoms with Crippen LogP contribution < -0.4 is 14.8 Å². The lowest BCUT2D eigenvalue weighted by molar-refractivity contribution is 0.0668. The van der Waals surface area contributed by atoms with E-state index in [0.717, 1.165) is 31.7 Å². The first-order valence-corrected chi connectivity index (χ1v) is 8.85. The standard InChI is InChI=1S/C19H34N2O4/c1-15(2)21(3)13-17(22)14-25-19-11-16(7-8-18(19)24-5)12-20-9-6-10-23-4/h7-8,11,15,17,20,22H,6,9-10,12-14H2,1-5H3/t17-/m0/s1.